The Labute approximate surface area is 93.7 Å². The van der Waals surface area contributed by atoms with Gasteiger partial charge in [-0.15, -0.1) is 0 Å². The topological polar surface area (TPSA) is 0 Å². The van der Waals surface area contributed by atoms with E-state index in [9.17, 15) is 0 Å². The SMILES string of the molecule is C/C=C/C=C\C=C/c1ccccc1.CC. The van der Waals surface area contributed by atoms with Gasteiger partial charge in [0.2, 0.25) is 0 Å². The molecular formula is C15H20. The molecule has 1 aromatic carbocycles. The first-order valence-corrected chi connectivity index (χ1v) is 5.44. The largest absolute Gasteiger partial charge is 0.0877 e. The summed E-state index contributed by atoms with van der Waals surface area (Å²) < 4.78 is 0. The second-order valence-electron chi connectivity index (χ2n) is 2.68. The number of benzene rings is 1. The van der Waals surface area contributed by atoms with E-state index in [1.807, 2.05) is 69.4 Å². The summed E-state index contributed by atoms with van der Waals surface area (Å²) in [4.78, 5) is 0. The lowest BCUT2D eigenvalue weighted by Crippen LogP contribution is -1.66. The summed E-state index contributed by atoms with van der Waals surface area (Å²) in [5, 5.41) is 0. The van der Waals surface area contributed by atoms with Crippen LogP contribution in [0.15, 0.2) is 60.7 Å². The van der Waals surface area contributed by atoms with E-state index in [-0.39, 0.29) is 0 Å². The Kier molecular flexibility index (Phi) is 9.43. The lowest BCUT2D eigenvalue weighted by atomic mass is 10.2. The second kappa shape index (κ2) is 10.5. The van der Waals surface area contributed by atoms with E-state index in [0.717, 1.165) is 0 Å². The third kappa shape index (κ3) is 7.51. The zero-order chi connectivity index (χ0) is 11.4. The molecule has 1 aromatic rings. The summed E-state index contributed by atoms with van der Waals surface area (Å²) in [6.45, 7) is 6.01. The Morgan fingerprint density at radius 2 is 1.40 bits per heavy atom. The van der Waals surface area contributed by atoms with Crippen molar-refractivity contribution in [2.75, 3.05) is 0 Å². The summed E-state index contributed by atoms with van der Waals surface area (Å²) >= 11 is 0. The summed E-state index contributed by atoms with van der Waals surface area (Å²) in [6.07, 6.45) is 12.2. The highest BCUT2D eigenvalue weighted by atomic mass is 13.8. The van der Waals surface area contributed by atoms with Crippen molar-refractivity contribution in [1.29, 1.82) is 0 Å². The molecule has 0 heteroatoms. The van der Waals surface area contributed by atoms with Crippen LogP contribution in [0.5, 0.6) is 0 Å². The van der Waals surface area contributed by atoms with Crippen LogP contribution in [0.2, 0.25) is 0 Å². The summed E-state index contributed by atoms with van der Waals surface area (Å²) in [5.41, 5.74) is 1.23. The molecule has 0 saturated carbocycles. The zero-order valence-electron chi connectivity index (χ0n) is 9.85. The molecule has 0 unspecified atom stereocenters. The molecule has 0 fully saturated rings. The van der Waals surface area contributed by atoms with Crippen molar-refractivity contribution in [3.63, 3.8) is 0 Å². The molecule has 0 N–H and O–H groups in total. The molecule has 0 atom stereocenters. The van der Waals surface area contributed by atoms with Crippen molar-refractivity contribution in [3.8, 4) is 0 Å². The minimum atomic E-state index is 1.23. The number of hydrogen-bond donors (Lipinski definition) is 0. The van der Waals surface area contributed by atoms with E-state index < -0.39 is 0 Å². The highest BCUT2D eigenvalue weighted by Crippen LogP contribution is 2.00. The molecule has 0 aliphatic rings. The van der Waals surface area contributed by atoms with E-state index in [2.05, 4.69) is 18.2 Å². The van der Waals surface area contributed by atoms with Crippen LogP contribution in [0.1, 0.15) is 26.3 Å². The van der Waals surface area contributed by atoms with E-state index in [4.69, 9.17) is 0 Å². The average Bonchev–Trinajstić information content (AvgIpc) is 2.33. The third-order valence-electron chi connectivity index (χ3n) is 1.61. The average molecular weight is 200 g/mol. The van der Waals surface area contributed by atoms with Gasteiger partial charge in [0.1, 0.15) is 0 Å². The van der Waals surface area contributed by atoms with Gasteiger partial charge in [0, 0.05) is 0 Å². The first-order chi connectivity index (χ1) is 7.43. The van der Waals surface area contributed by atoms with Gasteiger partial charge in [-0.3, -0.25) is 0 Å². The molecule has 0 aliphatic heterocycles. The Morgan fingerprint density at radius 3 is 2.00 bits per heavy atom. The van der Waals surface area contributed by atoms with Crippen LogP contribution >= 0.6 is 0 Å². The van der Waals surface area contributed by atoms with Crippen LogP contribution in [0.3, 0.4) is 0 Å². The van der Waals surface area contributed by atoms with Gasteiger partial charge in [-0.05, 0) is 12.5 Å². The molecule has 15 heavy (non-hydrogen) atoms. The number of rotatable bonds is 3. The maximum Gasteiger partial charge on any atom is -0.0257 e. The van der Waals surface area contributed by atoms with Gasteiger partial charge in [0.15, 0.2) is 0 Å². The van der Waals surface area contributed by atoms with Crippen molar-refractivity contribution in [2.45, 2.75) is 20.8 Å². The van der Waals surface area contributed by atoms with E-state index >= 15 is 0 Å². The van der Waals surface area contributed by atoms with Crippen LogP contribution in [0.4, 0.5) is 0 Å². The van der Waals surface area contributed by atoms with E-state index in [1.165, 1.54) is 5.56 Å². The lowest BCUT2D eigenvalue weighted by molar-refractivity contribution is 1.50. The number of allylic oxidation sites excluding steroid dienone is 5. The first-order valence-electron chi connectivity index (χ1n) is 5.44. The zero-order valence-corrected chi connectivity index (χ0v) is 9.85. The highest BCUT2D eigenvalue weighted by Gasteiger charge is 1.78. The Morgan fingerprint density at radius 1 is 0.800 bits per heavy atom. The van der Waals surface area contributed by atoms with E-state index in [0.29, 0.717) is 0 Å². The van der Waals surface area contributed by atoms with Crippen LogP contribution < -0.4 is 0 Å². The van der Waals surface area contributed by atoms with E-state index in [1.54, 1.807) is 0 Å². The first kappa shape index (κ1) is 13.4. The Balaban J connectivity index is 0.000000921. The fraction of sp³-hybridized carbons (Fsp3) is 0.200. The monoisotopic (exact) mass is 200 g/mol. The minimum absolute atomic E-state index is 1.23. The smallest absolute Gasteiger partial charge is 0.0257 e. The number of hydrogen-bond acceptors (Lipinski definition) is 0. The molecule has 1 rings (SSSR count). The van der Waals surface area contributed by atoms with Crippen LogP contribution in [-0.4, -0.2) is 0 Å². The molecule has 0 radical (unpaired) electrons. The van der Waals surface area contributed by atoms with Gasteiger partial charge in [-0.25, -0.2) is 0 Å². The lowest BCUT2D eigenvalue weighted by Gasteiger charge is -1.87. The maximum absolute atomic E-state index is 2.08. The van der Waals surface area contributed by atoms with Crippen LogP contribution in [0, 0.1) is 0 Å². The van der Waals surface area contributed by atoms with Crippen molar-refractivity contribution in [3.05, 3.63) is 66.3 Å². The molecular weight excluding hydrogens is 180 g/mol. The summed E-state index contributed by atoms with van der Waals surface area (Å²) in [6, 6.07) is 10.3. The molecule has 0 nitrogen and oxygen atoms in total. The fourth-order valence-corrected chi connectivity index (χ4v) is 0.970. The van der Waals surface area contributed by atoms with Gasteiger partial charge in [0.25, 0.3) is 0 Å². The molecule has 0 saturated heterocycles. The second-order valence-corrected chi connectivity index (χ2v) is 2.68. The molecule has 0 aromatic heterocycles. The third-order valence-corrected chi connectivity index (χ3v) is 1.61. The van der Waals surface area contributed by atoms with Crippen LogP contribution in [0.25, 0.3) is 6.08 Å². The predicted octanol–water partition coefficient (Wildman–Crippen LogP) is 4.86. The van der Waals surface area contributed by atoms with Crippen molar-refractivity contribution in [1.82, 2.24) is 0 Å². The Hall–Kier alpha value is -1.56. The predicted molar refractivity (Wildman–Crippen MR) is 70.8 cm³/mol. The summed E-state index contributed by atoms with van der Waals surface area (Å²) in [7, 11) is 0. The van der Waals surface area contributed by atoms with Gasteiger partial charge >= 0.3 is 0 Å². The van der Waals surface area contributed by atoms with Gasteiger partial charge in [0.05, 0.1) is 0 Å². The van der Waals surface area contributed by atoms with Gasteiger partial charge < -0.3 is 0 Å². The van der Waals surface area contributed by atoms with Crippen molar-refractivity contribution < 1.29 is 0 Å². The molecule has 0 aliphatic carbocycles. The molecule has 0 bridgehead atoms. The Bertz CT molecular complexity index is 302. The molecule has 0 amide bonds. The summed E-state index contributed by atoms with van der Waals surface area (Å²) in [5.74, 6) is 0. The molecule has 80 valence electrons. The van der Waals surface area contributed by atoms with Crippen LogP contribution in [-0.2, 0) is 0 Å². The van der Waals surface area contributed by atoms with Crippen molar-refractivity contribution in [2.24, 2.45) is 0 Å². The van der Waals surface area contributed by atoms with Gasteiger partial charge in [-0.2, -0.15) is 0 Å². The standard InChI is InChI=1S/C13H14.C2H6/c1-2-3-4-5-7-10-13-11-8-6-9-12-13;1-2/h2-12H,1H3;1-2H3/b3-2+,5-4-,10-7-;. The minimum Gasteiger partial charge on any atom is -0.0877 e. The maximum atomic E-state index is 2.08. The van der Waals surface area contributed by atoms with Crippen molar-refractivity contribution >= 4 is 6.08 Å². The normalized spacial score (nSPS) is 10.9. The fourth-order valence-electron chi connectivity index (χ4n) is 0.970. The molecule has 0 heterocycles. The van der Waals surface area contributed by atoms with Gasteiger partial charge in [-0.1, -0.05) is 80.6 Å². The quantitative estimate of drug-likeness (QED) is 0.611. The molecule has 0 spiro atoms. The highest BCUT2D eigenvalue weighted by molar-refractivity contribution is 5.50.